The number of amides is 3. The van der Waals surface area contributed by atoms with Crippen molar-refractivity contribution in [1.82, 2.24) is 20.1 Å². The molecule has 4 rings (SSSR count). The van der Waals surface area contributed by atoms with Crippen LogP contribution in [0.25, 0.3) is 0 Å². The molecule has 3 heterocycles. The second-order valence-corrected chi connectivity index (χ2v) is 9.73. The Morgan fingerprint density at radius 3 is 2.70 bits per heavy atom. The summed E-state index contributed by atoms with van der Waals surface area (Å²) in [5.74, 6) is -0.299. The molecular weight excluding hydrogens is 436 g/mol. The lowest BCUT2D eigenvalue weighted by Gasteiger charge is -2.31. The van der Waals surface area contributed by atoms with E-state index in [4.69, 9.17) is 5.73 Å². The fourth-order valence-electron chi connectivity index (χ4n) is 4.80. The molecule has 0 radical (unpaired) electrons. The van der Waals surface area contributed by atoms with Crippen molar-refractivity contribution in [3.63, 3.8) is 0 Å². The number of likely N-dealkylation sites (tertiary alicyclic amines) is 1. The largest absolute Gasteiger partial charge is 0.396 e. The van der Waals surface area contributed by atoms with E-state index in [9.17, 15) is 9.59 Å². The monoisotopic (exact) mass is 470 g/mol. The van der Waals surface area contributed by atoms with Gasteiger partial charge in [0.25, 0.3) is 5.91 Å². The topological polar surface area (TPSA) is 104 Å². The molecule has 1 saturated heterocycles. The summed E-state index contributed by atoms with van der Waals surface area (Å²) in [6.45, 7) is 5.45. The van der Waals surface area contributed by atoms with Crippen LogP contribution < -0.4 is 16.4 Å². The number of anilines is 2. The highest BCUT2D eigenvalue weighted by atomic mass is 32.1. The van der Waals surface area contributed by atoms with Gasteiger partial charge in [-0.15, -0.1) is 11.3 Å². The number of likely N-dealkylation sites (N-methyl/N-ethyl adjacent to an activating group) is 1. The van der Waals surface area contributed by atoms with Gasteiger partial charge in [0.05, 0.1) is 11.4 Å². The lowest BCUT2D eigenvalue weighted by molar-refractivity contribution is 0.102. The smallest absolute Gasteiger partial charge is 0.317 e. The van der Waals surface area contributed by atoms with Crippen molar-refractivity contribution in [2.24, 2.45) is 0 Å². The van der Waals surface area contributed by atoms with E-state index in [0.717, 1.165) is 37.9 Å². The molecule has 4 N–H and O–H groups in total. The molecule has 1 saturated carbocycles. The Bertz CT molecular complexity index is 941. The Balaban J connectivity index is 1.42. The Hall–Kier alpha value is -2.65. The molecule has 9 heteroatoms. The maximum Gasteiger partial charge on any atom is 0.317 e. The number of pyridine rings is 1. The van der Waals surface area contributed by atoms with Crippen LogP contribution >= 0.6 is 11.3 Å². The van der Waals surface area contributed by atoms with Gasteiger partial charge in [-0.05, 0) is 50.4 Å². The zero-order valence-electron chi connectivity index (χ0n) is 19.3. The second kappa shape index (κ2) is 11.0. The minimum Gasteiger partial charge on any atom is -0.396 e. The zero-order chi connectivity index (χ0) is 23.2. The van der Waals surface area contributed by atoms with Crippen LogP contribution in [0.5, 0.6) is 0 Å². The van der Waals surface area contributed by atoms with Crippen molar-refractivity contribution in [3.8, 4) is 0 Å². The van der Waals surface area contributed by atoms with E-state index in [1.165, 1.54) is 30.6 Å². The van der Waals surface area contributed by atoms with Crippen molar-refractivity contribution in [2.75, 3.05) is 30.7 Å². The Morgan fingerprint density at radius 1 is 1.21 bits per heavy atom. The van der Waals surface area contributed by atoms with Gasteiger partial charge in [-0.25, -0.2) is 4.79 Å². The third-order valence-corrected chi connectivity index (χ3v) is 7.44. The van der Waals surface area contributed by atoms with Gasteiger partial charge >= 0.3 is 6.03 Å². The number of thiophene rings is 1. The van der Waals surface area contributed by atoms with Gasteiger partial charge < -0.3 is 21.3 Å². The van der Waals surface area contributed by atoms with Crippen LogP contribution in [0.4, 0.5) is 16.2 Å². The molecule has 2 aliphatic rings. The average Bonchev–Trinajstić information content (AvgIpc) is 3.57. The van der Waals surface area contributed by atoms with Crippen LogP contribution in [0.2, 0.25) is 0 Å². The average molecular weight is 471 g/mol. The van der Waals surface area contributed by atoms with Crippen LogP contribution in [-0.4, -0.2) is 58.4 Å². The van der Waals surface area contributed by atoms with Crippen LogP contribution in [0.3, 0.4) is 0 Å². The van der Waals surface area contributed by atoms with Crippen molar-refractivity contribution >= 4 is 34.6 Å². The number of nitrogens with zero attached hydrogens (tertiary/aromatic N) is 3. The molecular formula is C24H34N6O2S. The highest BCUT2D eigenvalue weighted by Gasteiger charge is 2.28. The lowest BCUT2D eigenvalue weighted by Crippen LogP contribution is -2.48. The fraction of sp³-hybridized carbons (Fsp3) is 0.542. The van der Waals surface area contributed by atoms with Gasteiger partial charge in [0.1, 0.15) is 5.69 Å². The van der Waals surface area contributed by atoms with Gasteiger partial charge in [0, 0.05) is 42.1 Å². The zero-order valence-corrected chi connectivity index (χ0v) is 20.1. The number of nitrogens with two attached hydrogens (primary N) is 1. The van der Waals surface area contributed by atoms with Gasteiger partial charge in [-0.1, -0.05) is 25.8 Å². The molecule has 0 aromatic carbocycles. The van der Waals surface area contributed by atoms with Crippen LogP contribution in [-0.2, 0) is 6.54 Å². The molecule has 0 bridgehead atoms. The molecule has 1 atom stereocenters. The van der Waals surface area contributed by atoms with E-state index in [2.05, 4.69) is 27.4 Å². The van der Waals surface area contributed by atoms with E-state index >= 15 is 0 Å². The van der Waals surface area contributed by atoms with Crippen LogP contribution in [0.15, 0.2) is 29.1 Å². The predicted molar refractivity (Wildman–Crippen MR) is 132 cm³/mol. The van der Waals surface area contributed by atoms with E-state index in [1.807, 2.05) is 11.0 Å². The summed E-state index contributed by atoms with van der Waals surface area (Å²) >= 11 is 1.43. The first kappa shape index (κ1) is 23.5. The van der Waals surface area contributed by atoms with E-state index < -0.39 is 0 Å². The van der Waals surface area contributed by atoms with Gasteiger partial charge in [0.2, 0.25) is 0 Å². The minimum atomic E-state index is -0.299. The number of carbonyl (C=O) groups excluding carboxylic acids is 2. The maximum atomic E-state index is 13.2. The summed E-state index contributed by atoms with van der Waals surface area (Å²) in [6.07, 6.45) is 8.46. The molecule has 2 aromatic rings. The quantitative estimate of drug-likeness (QED) is 0.543. The third-order valence-electron chi connectivity index (χ3n) is 6.68. The number of nitrogen functional groups attached to an aromatic ring is 1. The molecule has 2 fully saturated rings. The fourth-order valence-corrected chi connectivity index (χ4v) is 5.47. The summed E-state index contributed by atoms with van der Waals surface area (Å²) in [5.41, 5.74) is 8.22. The van der Waals surface area contributed by atoms with Gasteiger partial charge in [-0.2, -0.15) is 0 Å². The summed E-state index contributed by atoms with van der Waals surface area (Å²) in [6, 6.07) is 4.24. The highest BCUT2D eigenvalue weighted by Crippen LogP contribution is 2.24. The van der Waals surface area contributed by atoms with E-state index in [1.54, 1.807) is 23.0 Å². The molecule has 8 nitrogen and oxygen atoms in total. The van der Waals surface area contributed by atoms with Crippen molar-refractivity contribution in [2.45, 2.75) is 64.1 Å². The standard InChI is InChI=1S/C24H34N6O2S/c1-2-29-11-5-8-19(29)14-30(24(32)27-18-6-3-4-7-18)13-17-9-10-21(26-12-17)23(31)28-22-16-33-15-20(22)25/h9-10,12,15-16,18-19H,2-8,11,13-14,25H2,1H3,(H,27,32)(H,28,31). The first-order chi connectivity index (χ1) is 16.0. The Morgan fingerprint density at radius 2 is 2.03 bits per heavy atom. The molecule has 3 amide bonds. The SMILES string of the molecule is CCN1CCCC1CN(Cc1ccc(C(=O)Nc2cscc2N)nc1)C(=O)NC1CCCC1. The first-order valence-electron chi connectivity index (χ1n) is 11.9. The van der Waals surface area contributed by atoms with Crippen LogP contribution in [0.1, 0.15) is 61.5 Å². The molecule has 1 unspecified atom stereocenters. The summed E-state index contributed by atoms with van der Waals surface area (Å²) in [5, 5.41) is 9.60. The normalized spacial score (nSPS) is 19.0. The molecule has 2 aromatic heterocycles. The number of hydrogen-bond donors (Lipinski definition) is 3. The summed E-state index contributed by atoms with van der Waals surface area (Å²) < 4.78 is 0. The highest BCUT2D eigenvalue weighted by molar-refractivity contribution is 7.09. The lowest BCUT2D eigenvalue weighted by atomic mass is 10.1. The number of rotatable bonds is 8. The summed E-state index contributed by atoms with van der Waals surface area (Å²) in [4.78, 5) is 34.4. The minimum absolute atomic E-state index is 0.000365. The van der Waals surface area contributed by atoms with E-state index in [0.29, 0.717) is 36.2 Å². The molecule has 178 valence electrons. The van der Waals surface area contributed by atoms with Crippen molar-refractivity contribution < 1.29 is 9.59 Å². The maximum absolute atomic E-state index is 13.2. The molecule has 1 aliphatic heterocycles. The Labute approximate surface area is 199 Å². The predicted octanol–water partition coefficient (Wildman–Crippen LogP) is 3.92. The number of nitrogens with one attached hydrogen (secondary N) is 2. The number of carbonyl (C=O) groups is 2. The number of urea groups is 1. The second-order valence-electron chi connectivity index (χ2n) is 8.98. The van der Waals surface area contributed by atoms with Crippen molar-refractivity contribution in [1.29, 1.82) is 0 Å². The number of hydrogen-bond acceptors (Lipinski definition) is 6. The van der Waals surface area contributed by atoms with Crippen LogP contribution in [0, 0.1) is 0 Å². The number of aromatic nitrogens is 1. The molecule has 0 spiro atoms. The Kier molecular flexibility index (Phi) is 7.82. The van der Waals surface area contributed by atoms with Gasteiger partial charge in [-0.3, -0.25) is 14.7 Å². The first-order valence-corrected chi connectivity index (χ1v) is 12.8. The molecule has 1 aliphatic carbocycles. The van der Waals surface area contributed by atoms with Gasteiger partial charge in [0.15, 0.2) is 0 Å². The summed E-state index contributed by atoms with van der Waals surface area (Å²) in [7, 11) is 0. The molecule has 33 heavy (non-hydrogen) atoms. The van der Waals surface area contributed by atoms with E-state index in [-0.39, 0.29) is 18.0 Å². The van der Waals surface area contributed by atoms with Crippen molar-refractivity contribution in [3.05, 3.63) is 40.3 Å². The third kappa shape index (κ3) is 6.03.